The minimum Gasteiger partial charge on any atom is -0.493 e. The van der Waals surface area contributed by atoms with Crippen molar-refractivity contribution in [1.82, 2.24) is 5.32 Å². The number of hydrogen-bond donors (Lipinski definition) is 1. The zero-order valence-corrected chi connectivity index (χ0v) is 11.9. The quantitative estimate of drug-likeness (QED) is 0.874. The van der Waals surface area contributed by atoms with E-state index in [0.29, 0.717) is 24.5 Å². The fourth-order valence-electron chi connectivity index (χ4n) is 1.82. The highest BCUT2D eigenvalue weighted by molar-refractivity contribution is 5.97. The normalized spacial score (nSPS) is 9.38. The summed E-state index contributed by atoms with van der Waals surface area (Å²) in [5.41, 5.74) is 1.46. The third-order valence-corrected chi connectivity index (χ3v) is 2.78. The summed E-state index contributed by atoms with van der Waals surface area (Å²) in [4.78, 5) is 12.1. The van der Waals surface area contributed by atoms with Crippen molar-refractivity contribution >= 4 is 5.91 Å². The fraction of sp³-hybridized carbons (Fsp3) is 0.167. The lowest BCUT2D eigenvalue weighted by atomic mass is 10.2. The molecule has 3 nitrogen and oxygen atoms in total. The minimum atomic E-state index is -0.179. The average Bonchev–Trinajstić information content (AvgIpc) is 2.53. The van der Waals surface area contributed by atoms with Crippen LogP contribution in [-0.2, 0) is 0 Å². The van der Waals surface area contributed by atoms with Gasteiger partial charge in [-0.15, -0.1) is 0 Å². The molecular formula is C18H17NO2. The van der Waals surface area contributed by atoms with Gasteiger partial charge in [0, 0.05) is 5.56 Å². The van der Waals surface area contributed by atoms with Gasteiger partial charge in [0.05, 0.1) is 18.7 Å². The van der Waals surface area contributed by atoms with Crippen LogP contribution in [0.15, 0.2) is 54.6 Å². The first-order valence-corrected chi connectivity index (χ1v) is 6.85. The van der Waals surface area contributed by atoms with Crippen molar-refractivity contribution in [2.24, 2.45) is 0 Å². The van der Waals surface area contributed by atoms with E-state index in [2.05, 4.69) is 17.2 Å². The van der Waals surface area contributed by atoms with Gasteiger partial charge < -0.3 is 10.1 Å². The SMILES string of the molecule is CCOc1ccccc1C(=O)NCC#Cc1ccccc1. The number of carbonyl (C=O) groups is 1. The van der Waals surface area contributed by atoms with Gasteiger partial charge in [-0.05, 0) is 31.2 Å². The standard InChI is InChI=1S/C18H17NO2/c1-2-21-17-13-7-6-12-16(17)18(20)19-14-8-11-15-9-4-3-5-10-15/h3-7,9-10,12-13H,2,14H2,1H3,(H,19,20). The Morgan fingerprint density at radius 2 is 1.81 bits per heavy atom. The summed E-state index contributed by atoms with van der Waals surface area (Å²) >= 11 is 0. The molecule has 0 heterocycles. The third-order valence-electron chi connectivity index (χ3n) is 2.78. The van der Waals surface area contributed by atoms with E-state index in [1.54, 1.807) is 12.1 Å². The van der Waals surface area contributed by atoms with Crippen molar-refractivity contribution < 1.29 is 9.53 Å². The van der Waals surface area contributed by atoms with E-state index in [4.69, 9.17) is 4.74 Å². The molecule has 106 valence electrons. The lowest BCUT2D eigenvalue weighted by Crippen LogP contribution is -2.24. The number of rotatable bonds is 4. The van der Waals surface area contributed by atoms with E-state index in [0.717, 1.165) is 5.56 Å². The van der Waals surface area contributed by atoms with Crippen LogP contribution in [0, 0.1) is 11.8 Å². The molecule has 0 aliphatic carbocycles. The topological polar surface area (TPSA) is 38.3 Å². The first-order chi connectivity index (χ1) is 10.3. The Balaban J connectivity index is 1.95. The van der Waals surface area contributed by atoms with E-state index >= 15 is 0 Å². The van der Waals surface area contributed by atoms with Crippen molar-refractivity contribution in [3.05, 3.63) is 65.7 Å². The van der Waals surface area contributed by atoms with Crippen LogP contribution in [0.4, 0.5) is 0 Å². The van der Waals surface area contributed by atoms with Crippen molar-refractivity contribution in [3.63, 3.8) is 0 Å². The lowest BCUT2D eigenvalue weighted by molar-refractivity contribution is 0.0955. The molecule has 21 heavy (non-hydrogen) atoms. The molecule has 0 atom stereocenters. The second-order valence-corrected chi connectivity index (χ2v) is 4.28. The van der Waals surface area contributed by atoms with Crippen LogP contribution in [0.5, 0.6) is 5.75 Å². The van der Waals surface area contributed by atoms with Crippen LogP contribution < -0.4 is 10.1 Å². The van der Waals surface area contributed by atoms with Crippen LogP contribution in [0.25, 0.3) is 0 Å². The van der Waals surface area contributed by atoms with E-state index in [1.165, 1.54) is 0 Å². The fourth-order valence-corrected chi connectivity index (χ4v) is 1.82. The van der Waals surface area contributed by atoms with Crippen molar-refractivity contribution in [3.8, 4) is 17.6 Å². The van der Waals surface area contributed by atoms with Crippen molar-refractivity contribution in [2.45, 2.75) is 6.92 Å². The predicted octanol–water partition coefficient (Wildman–Crippen LogP) is 2.87. The Labute approximate surface area is 125 Å². The molecule has 0 aromatic heterocycles. The van der Waals surface area contributed by atoms with Crippen molar-refractivity contribution in [2.75, 3.05) is 13.2 Å². The molecule has 3 heteroatoms. The van der Waals surface area contributed by atoms with Crippen LogP contribution in [0.2, 0.25) is 0 Å². The molecule has 2 aromatic rings. The summed E-state index contributed by atoms with van der Waals surface area (Å²) in [6.45, 7) is 2.71. The summed E-state index contributed by atoms with van der Waals surface area (Å²) in [5.74, 6) is 6.34. The molecule has 1 amide bonds. The van der Waals surface area contributed by atoms with Gasteiger partial charge >= 0.3 is 0 Å². The Bertz CT molecular complexity index is 654. The average molecular weight is 279 g/mol. The van der Waals surface area contributed by atoms with Crippen molar-refractivity contribution in [1.29, 1.82) is 0 Å². The van der Waals surface area contributed by atoms with Gasteiger partial charge in [-0.2, -0.15) is 0 Å². The van der Waals surface area contributed by atoms with Crippen LogP contribution >= 0.6 is 0 Å². The monoisotopic (exact) mass is 279 g/mol. The molecule has 1 N–H and O–H groups in total. The number of amides is 1. The van der Waals surface area contributed by atoms with Gasteiger partial charge in [0.15, 0.2) is 0 Å². The largest absolute Gasteiger partial charge is 0.493 e. The smallest absolute Gasteiger partial charge is 0.255 e. The molecule has 0 unspecified atom stereocenters. The predicted molar refractivity (Wildman–Crippen MR) is 83.3 cm³/mol. The molecule has 2 rings (SSSR count). The number of hydrogen-bond acceptors (Lipinski definition) is 2. The molecular weight excluding hydrogens is 262 g/mol. The maximum Gasteiger partial charge on any atom is 0.255 e. The summed E-state index contributed by atoms with van der Waals surface area (Å²) in [7, 11) is 0. The summed E-state index contributed by atoms with van der Waals surface area (Å²) in [6.07, 6.45) is 0. The minimum absolute atomic E-state index is 0.179. The molecule has 2 aromatic carbocycles. The Hall–Kier alpha value is -2.73. The third kappa shape index (κ3) is 4.39. The second-order valence-electron chi connectivity index (χ2n) is 4.28. The molecule has 0 fully saturated rings. The van der Waals surface area contributed by atoms with Crippen LogP contribution in [0.1, 0.15) is 22.8 Å². The number of benzene rings is 2. The van der Waals surface area contributed by atoms with Gasteiger partial charge in [-0.1, -0.05) is 42.2 Å². The van der Waals surface area contributed by atoms with Gasteiger partial charge in [-0.3, -0.25) is 4.79 Å². The van der Waals surface area contributed by atoms with Gasteiger partial charge in [0.1, 0.15) is 5.75 Å². The van der Waals surface area contributed by atoms with E-state index < -0.39 is 0 Å². The molecule has 0 saturated heterocycles. The Kier molecular flexibility index (Phi) is 5.42. The maximum atomic E-state index is 12.1. The van der Waals surface area contributed by atoms with E-state index in [1.807, 2.05) is 49.4 Å². The molecule has 0 aliphatic rings. The van der Waals surface area contributed by atoms with Crippen LogP contribution in [0.3, 0.4) is 0 Å². The maximum absolute atomic E-state index is 12.1. The first kappa shape index (κ1) is 14.7. The molecule has 0 saturated carbocycles. The van der Waals surface area contributed by atoms with Gasteiger partial charge in [0.2, 0.25) is 0 Å². The zero-order chi connectivity index (χ0) is 14.9. The highest BCUT2D eigenvalue weighted by Crippen LogP contribution is 2.17. The lowest BCUT2D eigenvalue weighted by Gasteiger charge is -2.08. The summed E-state index contributed by atoms with van der Waals surface area (Å²) in [6, 6.07) is 16.8. The number of nitrogens with one attached hydrogen (secondary N) is 1. The number of para-hydroxylation sites is 1. The molecule has 0 aliphatic heterocycles. The summed E-state index contributed by atoms with van der Waals surface area (Å²) in [5, 5.41) is 2.78. The van der Waals surface area contributed by atoms with Gasteiger partial charge in [-0.25, -0.2) is 0 Å². The highest BCUT2D eigenvalue weighted by atomic mass is 16.5. The molecule has 0 radical (unpaired) electrons. The second kappa shape index (κ2) is 7.76. The number of carbonyl (C=O) groups excluding carboxylic acids is 1. The van der Waals surface area contributed by atoms with E-state index in [-0.39, 0.29) is 5.91 Å². The van der Waals surface area contributed by atoms with E-state index in [9.17, 15) is 4.79 Å². The van der Waals surface area contributed by atoms with Crippen LogP contribution in [-0.4, -0.2) is 19.1 Å². The number of ether oxygens (including phenoxy) is 1. The Morgan fingerprint density at radius 1 is 1.10 bits per heavy atom. The highest BCUT2D eigenvalue weighted by Gasteiger charge is 2.10. The zero-order valence-electron chi connectivity index (χ0n) is 11.9. The molecule has 0 bridgehead atoms. The Morgan fingerprint density at radius 3 is 2.57 bits per heavy atom. The molecule has 0 spiro atoms. The summed E-state index contributed by atoms with van der Waals surface area (Å²) < 4.78 is 5.44. The van der Waals surface area contributed by atoms with Gasteiger partial charge in [0.25, 0.3) is 5.91 Å². The first-order valence-electron chi connectivity index (χ1n) is 6.85.